The van der Waals surface area contributed by atoms with Crippen LogP contribution in [0, 0.1) is 0 Å². The number of rotatable bonds is 5. The van der Waals surface area contributed by atoms with E-state index in [2.05, 4.69) is 49.6 Å². The summed E-state index contributed by atoms with van der Waals surface area (Å²) in [5.41, 5.74) is 3.53. The van der Waals surface area contributed by atoms with E-state index in [1.165, 1.54) is 18.5 Å². The molecule has 2 fully saturated rings. The van der Waals surface area contributed by atoms with E-state index >= 15 is 0 Å². The molecule has 3 heterocycles. The quantitative estimate of drug-likeness (QED) is 0.715. The molecule has 7 heteroatoms. The topological polar surface area (TPSA) is 64.7 Å². The Morgan fingerprint density at radius 3 is 2.72 bits per heavy atom. The molecule has 2 aromatic heterocycles. The number of benzene rings is 1. The average Bonchev–Trinajstić information content (AvgIpc) is 3.08. The Bertz CT molecular complexity index is 836. The highest BCUT2D eigenvalue weighted by Crippen LogP contribution is 2.42. The molecular formula is C18H21N7. The van der Waals surface area contributed by atoms with Crippen molar-refractivity contribution in [1.82, 2.24) is 34.7 Å². The Hall–Kier alpha value is -2.54. The number of aromatic nitrogens is 6. The standard InChI is InChI=1S/C18H21N7/c1-2-4-15(5-3-1)25-18(14-6-7-14)17(21-22-25)11-23-9-8-16(10-23)24-13-19-12-20-24/h1-5,12-14,16H,6-11H2. The fraction of sp³-hybridized carbons (Fsp3) is 0.444. The fourth-order valence-electron chi connectivity index (χ4n) is 3.75. The first-order valence-corrected chi connectivity index (χ1v) is 8.95. The third-order valence-corrected chi connectivity index (χ3v) is 5.18. The van der Waals surface area contributed by atoms with Crippen LogP contribution in [0.3, 0.4) is 0 Å². The second-order valence-corrected chi connectivity index (χ2v) is 7.00. The third-order valence-electron chi connectivity index (χ3n) is 5.18. The first-order chi connectivity index (χ1) is 12.4. The minimum absolute atomic E-state index is 0.413. The van der Waals surface area contributed by atoms with Crippen LogP contribution < -0.4 is 0 Å². The van der Waals surface area contributed by atoms with Crippen LogP contribution in [-0.4, -0.2) is 47.7 Å². The van der Waals surface area contributed by atoms with Crippen LogP contribution in [0.15, 0.2) is 43.0 Å². The first-order valence-electron chi connectivity index (χ1n) is 8.95. The molecule has 0 amide bonds. The van der Waals surface area contributed by atoms with E-state index in [1.807, 2.05) is 21.8 Å². The van der Waals surface area contributed by atoms with Gasteiger partial charge in [-0.05, 0) is 31.4 Å². The Balaban J connectivity index is 1.37. The molecule has 7 nitrogen and oxygen atoms in total. The fourth-order valence-corrected chi connectivity index (χ4v) is 3.75. The zero-order chi connectivity index (χ0) is 16.6. The van der Waals surface area contributed by atoms with Crippen molar-refractivity contribution >= 4 is 0 Å². The summed E-state index contributed by atoms with van der Waals surface area (Å²) >= 11 is 0. The summed E-state index contributed by atoms with van der Waals surface area (Å²) < 4.78 is 4.01. The van der Waals surface area contributed by atoms with Gasteiger partial charge < -0.3 is 0 Å². The summed E-state index contributed by atoms with van der Waals surface area (Å²) in [6, 6.07) is 10.7. The van der Waals surface area contributed by atoms with E-state index < -0.39 is 0 Å². The second-order valence-electron chi connectivity index (χ2n) is 7.00. The molecule has 0 radical (unpaired) electrons. The van der Waals surface area contributed by atoms with E-state index in [0.29, 0.717) is 12.0 Å². The molecule has 128 valence electrons. The highest BCUT2D eigenvalue weighted by Gasteiger charge is 2.33. The zero-order valence-electron chi connectivity index (χ0n) is 14.1. The number of para-hydroxylation sites is 1. The maximum absolute atomic E-state index is 4.54. The van der Waals surface area contributed by atoms with Gasteiger partial charge in [0.1, 0.15) is 18.3 Å². The molecule has 1 saturated carbocycles. The monoisotopic (exact) mass is 335 g/mol. The molecule has 2 aliphatic rings. The summed E-state index contributed by atoms with van der Waals surface area (Å²) in [6.07, 6.45) is 7.02. The predicted octanol–water partition coefficient (Wildman–Crippen LogP) is 2.18. The van der Waals surface area contributed by atoms with Crippen LogP contribution in [-0.2, 0) is 6.54 Å². The van der Waals surface area contributed by atoms with Gasteiger partial charge in [-0.25, -0.2) is 14.3 Å². The van der Waals surface area contributed by atoms with E-state index in [0.717, 1.165) is 37.4 Å². The van der Waals surface area contributed by atoms with E-state index in [9.17, 15) is 0 Å². The van der Waals surface area contributed by atoms with Crippen LogP contribution in [0.4, 0.5) is 0 Å². The van der Waals surface area contributed by atoms with Crippen molar-refractivity contribution < 1.29 is 0 Å². The molecule has 1 unspecified atom stereocenters. The Labute approximate surface area is 146 Å². The van der Waals surface area contributed by atoms with Crippen molar-refractivity contribution in [3.8, 4) is 5.69 Å². The van der Waals surface area contributed by atoms with Crippen molar-refractivity contribution in [2.75, 3.05) is 13.1 Å². The van der Waals surface area contributed by atoms with Gasteiger partial charge in [0.2, 0.25) is 0 Å². The van der Waals surface area contributed by atoms with Gasteiger partial charge in [-0.3, -0.25) is 4.90 Å². The first kappa shape index (κ1) is 14.8. The largest absolute Gasteiger partial charge is 0.295 e. The average molecular weight is 335 g/mol. The Kier molecular flexibility index (Phi) is 3.59. The second kappa shape index (κ2) is 6.07. The summed E-state index contributed by atoms with van der Waals surface area (Å²) in [7, 11) is 0. The Morgan fingerprint density at radius 2 is 1.96 bits per heavy atom. The molecule has 1 aliphatic heterocycles. The highest BCUT2D eigenvalue weighted by molar-refractivity contribution is 5.35. The molecule has 5 rings (SSSR count). The third kappa shape index (κ3) is 2.84. The Morgan fingerprint density at radius 1 is 1.08 bits per heavy atom. The molecule has 1 aromatic carbocycles. The van der Waals surface area contributed by atoms with Gasteiger partial charge in [-0.2, -0.15) is 5.10 Å². The summed E-state index contributed by atoms with van der Waals surface area (Å²) in [5, 5.41) is 13.3. The predicted molar refractivity (Wildman–Crippen MR) is 92.3 cm³/mol. The van der Waals surface area contributed by atoms with Crippen molar-refractivity contribution in [3.05, 3.63) is 54.4 Å². The number of nitrogens with zero attached hydrogens (tertiary/aromatic N) is 7. The molecule has 1 aliphatic carbocycles. The van der Waals surface area contributed by atoms with Crippen molar-refractivity contribution in [2.24, 2.45) is 0 Å². The normalized spacial score (nSPS) is 21.0. The van der Waals surface area contributed by atoms with E-state index in [-0.39, 0.29) is 0 Å². The molecule has 0 bridgehead atoms. The van der Waals surface area contributed by atoms with Crippen molar-refractivity contribution in [1.29, 1.82) is 0 Å². The minimum Gasteiger partial charge on any atom is -0.295 e. The number of hydrogen-bond donors (Lipinski definition) is 0. The van der Waals surface area contributed by atoms with Crippen LogP contribution in [0.2, 0.25) is 0 Å². The summed E-state index contributed by atoms with van der Waals surface area (Å²) in [6.45, 7) is 2.92. The SMILES string of the molecule is c1ccc(-n2nnc(CN3CCC(n4cncn4)C3)c2C2CC2)cc1. The van der Waals surface area contributed by atoms with Gasteiger partial charge in [-0.15, -0.1) is 5.10 Å². The van der Waals surface area contributed by atoms with Gasteiger partial charge in [0.25, 0.3) is 0 Å². The van der Waals surface area contributed by atoms with Gasteiger partial charge >= 0.3 is 0 Å². The lowest BCUT2D eigenvalue weighted by molar-refractivity contribution is 0.307. The molecule has 0 spiro atoms. The van der Waals surface area contributed by atoms with Gasteiger partial charge in [-0.1, -0.05) is 23.4 Å². The maximum Gasteiger partial charge on any atom is 0.137 e. The van der Waals surface area contributed by atoms with Crippen LogP contribution in [0.25, 0.3) is 5.69 Å². The molecule has 1 saturated heterocycles. The zero-order valence-corrected chi connectivity index (χ0v) is 14.1. The lowest BCUT2D eigenvalue weighted by Crippen LogP contribution is -2.22. The van der Waals surface area contributed by atoms with Crippen LogP contribution in [0.5, 0.6) is 0 Å². The van der Waals surface area contributed by atoms with Crippen LogP contribution >= 0.6 is 0 Å². The van der Waals surface area contributed by atoms with Crippen LogP contribution in [0.1, 0.15) is 42.6 Å². The number of hydrogen-bond acceptors (Lipinski definition) is 5. The lowest BCUT2D eigenvalue weighted by Gasteiger charge is -2.15. The minimum atomic E-state index is 0.413. The molecule has 25 heavy (non-hydrogen) atoms. The number of likely N-dealkylation sites (tertiary alicyclic amines) is 1. The lowest BCUT2D eigenvalue weighted by atomic mass is 10.2. The summed E-state index contributed by atoms with van der Waals surface area (Å²) in [4.78, 5) is 6.52. The van der Waals surface area contributed by atoms with Gasteiger partial charge in [0.05, 0.1) is 17.4 Å². The maximum atomic E-state index is 4.54. The molecule has 1 atom stereocenters. The summed E-state index contributed by atoms with van der Waals surface area (Å²) in [5.74, 6) is 0.610. The van der Waals surface area contributed by atoms with E-state index in [4.69, 9.17) is 0 Å². The van der Waals surface area contributed by atoms with Gasteiger partial charge in [0.15, 0.2) is 0 Å². The van der Waals surface area contributed by atoms with Gasteiger partial charge in [0, 0.05) is 25.6 Å². The van der Waals surface area contributed by atoms with Crippen molar-refractivity contribution in [3.63, 3.8) is 0 Å². The molecule has 3 aromatic rings. The molecular weight excluding hydrogens is 314 g/mol. The van der Waals surface area contributed by atoms with E-state index in [1.54, 1.807) is 6.33 Å². The molecule has 0 N–H and O–H groups in total. The smallest absolute Gasteiger partial charge is 0.137 e. The highest BCUT2D eigenvalue weighted by atomic mass is 15.4. The van der Waals surface area contributed by atoms with Crippen molar-refractivity contribution in [2.45, 2.75) is 37.8 Å².